The SMILES string of the molecule is CCc1c2c(nc3cc(CN(C)C)c(O)c(CN(C)C)c13)-c1cc3c(c(=O)n1C2)COC(=O)[C@]3(O)CC. The van der Waals surface area contributed by atoms with Gasteiger partial charge in [0.05, 0.1) is 29.0 Å². The van der Waals surface area contributed by atoms with E-state index in [1.807, 2.05) is 44.1 Å². The van der Waals surface area contributed by atoms with Gasteiger partial charge in [-0.05, 0) is 58.7 Å². The van der Waals surface area contributed by atoms with Gasteiger partial charge in [0.25, 0.3) is 5.56 Å². The van der Waals surface area contributed by atoms with E-state index in [0.717, 1.165) is 33.2 Å². The zero-order valence-electron chi connectivity index (χ0n) is 22.3. The van der Waals surface area contributed by atoms with E-state index >= 15 is 0 Å². The summed E-state index contributed by atoms with van der Waals surface area (Å²) in [5.74, 6) is -0.457. The largest absolute Gasteiger partial charge is 0.507 e. The highest BCUT2D eigenvalue weighted by Gasteiger charge is 2.45. The van der Waals surface area contributed by atoms with E-state index in [1.165, 1.54) is 0 Å². The number of aliphatic hydroxyl groups is 1. The number of pyridine rings is 2. The second-order valence-electron chi connectivity index (χ2n) is 10.6. The van der Waals surface area contributed by atoms with Gasteiger partial charge in [-0.25, -0.2) is 9.78 Å². The molecule has 9 heteroatoms. The van der Waals surface area contributed by atoms with Crippen LogP contribution in [-0.2, 0) is 47.8 Å². The molecule has 0 saturated carbocycles. The number of aryl methyl sites for hydroxylation is 1. The predicted molar refractivity (Wildman–Crippen MR) is 140 cm³/mol. The molecule has 1 aromatic carbocycles. The molecule has 0 spiro atoms. The number of hydrogen-bond donors (Lipinski definition) is 2. The molecule has 0 radical (unpaired) electrons. The number of aromatic nitrogens is 2. The van der Waals surface area contributed by atoms with E-state index in [9.17, 15) is 19.8 Å². The molecule has 2 aliphatic rings. The Kier molecular flexibility index (Phi) is 6.13. The number of ether oxygens (including phenoxy) is 1. The van der Waals surface area contributed by atoms with Gasteiger partial charge < -0.3 is 29.3 Å². The standard InChI is InChI=1S/C28H34N4O5/c1-7-16-17-13-32-22(10-20-19(26(32)34)14-37-27(35)28(20,36)8-2)24(17)29-21-9-15(11-30(3)4)25(33)18(23(16)21)12-31(5)6/h9-10,33,36H,7-8,11-14H2,1-6H3/t28-/m0/s1. The minimum Gasteiger partial charge on any atom is -0.507 e. The third kappa shape index (κ3) is 3.75. The van der Waals surface area contributed by atoms with Crippen molar-refractivity contribution in [3.8, 4) is 17.1 Å². The van der Waals surface area contributed by atoms with Crippen molar-refractivity contribution >= 4 is 16.9 Å². The molecule has 5 rings (SSSR count). The Morgan fingerprint density at radius 1 is 1.05 bits per heavy atom. The maximum atomic E-state index is 13.6. The molecule has 196 valence electrons. The van der Waals surface area contributed by atoms with Gasteiger partial charge >= 0.3 is 5.97 Å². The van der Waals surface area contributed by atoms with Gasteiger partial charge in [-0.15, -0.1) is 0 Å². The van der Waals surface area contributed by atoms with Crippen LogP contribution in [0.25, 0.3) is 22.3 Å². The number of fused-ring (bicyclic) bond motifs is 5. The number of cyclic esters (lactones) is 1. The molecule has 37 heavy (non-hydrogen) atoms. The van der Waals surface area contributed by atoms with Gasteiger partial charge in [0.2, 0.25) is 0 Å². The van der Waals surface area contributed by atoms with Crippen LogP contribution in [0.15, 0.2) is 16.9 Å². The molecule has 2 N–H and O–H groups in total. The number of aromatic hydroxyl groups is 1. The van der Waals surface area contributed by atoms with Crippen molar-refractivity contribution in [3.63, 3.8) is 0 Å². The number of benzene rings is 1. The lowest BCUT2D eigenvalue weighted by atomic mass is 9.86. The minimum atomic E-state index is -1.86. The molecule has 0 aliphatic carbocycles. The fourth-order valence-electron chi connectivity index (χ4n) is 5.79. The van der Waals surface area contributed by atoms with Crippen LogP contribution in [0.2, 0.25) is 0 Å². The molecular weight excluding hydrogens is 472 g/mol. The Morgan fingerprint density at radius 2 is 1.76 bits per heavy atom. The summed E-state index contributed by atoms with van der Waals surface area (Å²) in [6.07, 6.45) is 0.790. The Hall–Kier alpha value is -3.27. The summed E-state index contributed by atoms with van der Waals surface area (Å²) in [5, 5.41) is 23.4. The van der Waals surface area contributed by atoms with Crippen LogP contribution in [0.3, 0.4) is 0 Å². The number of phenolic OH excluding ortho intramolecular Hbond substituents is 1. The first-order chi connectivity index (χ1) is 17.5. The smallest absolute Gasteiger partial charge is 0.343 e. The topological polar surface area (TPSA) is 108 Å². The maximum absolute atomic E-state index is 13.6. The van der Waals surface area contributed by atoms with Crippen molar-refractivity contribution in [2.75, 3.05) is 28.2 Å². The second-order valence-corrected chi connectivity index (χ2v) is 10.6. The summed E-state index contributed by atoms with van der Waals surface area (Å²) < 4.78 is 6.86. The molecule has 0 amide bonds. The van der Waals surface area contributed by atoms with E-state index < -0.39 is 11.6 Å². The van der Waals surface area contributed by atoms with Gasteiger partial charge in [0.1, 0.15) is 12.4 Å². The summed E-state index contributed by atoms with van der Waals surface area (Å²) in [6, 6.07) is 3.68. The van der Waals surface area contributed by atoms with Crippen molar-refractivity contribution < 1.29 is 19.7 Å². The van der Waals surface area contributed by atoms with Crippen LogP contribution in [0.1, 0.15) is 53.6 Å². The molecular formula is C28H34N4O5. The average Bonchev–Trinajstić information content (AvgIpc) is 3.21. The summed E-state index contributed by atoms with van der Waals surface area (Å²) in [6.45, 7) is 5.04. The number of rotatable bonds is 6. The minimum absolute atomic E-state index is 0.0982. The molecule has 0 saturated heterocycles. The normalized spacial score (nSPS) is 18.4. The Morgan fingerprint density at radius 3 is 2.38 bits per heavy atom. The van der Waals surface area contributed by atoms with Crippen LogP contribution >= 0.6 is 0 Å². The van der Waals surface area contributed by atoms with Crippen LogP contribution in [0.5, 0.6) is 5.75 Å². The first-order valence-corrected chi connectivity index (χ1v) is 12.7. The summed E-state index contributed by atoms with van der Waals surface area (Å²) >= 11 is 0. The van der Waals surface area contributed by atoms with Gasteiger partial charge in [-0.2, -0.15) is 0 Å². The highest BCUT2D eigenvalue weighted by molar-refractivity contribution is 5.93. The van der Waals surface area contributed by atoms with Crippen LogP contribution in [-0.4, -0.2) is 63.7 Å². The fraction of sp³-hybridized carbons (Fsp3) is 0.464. The van der Waals surface area contributed by atoms with Crippen molar-refractivity contribution in [2.24, 2.45) is 0 Å². The van der Waals surface area contributed by atoms with E-state index in [0.29, 0.717) is 48.6 Å². The van der Waals surface area contributed by atoms with Gasteiger partial charge in [0, 0.05) is 40.7 Å². The van der Waals surface area contributed by atoms with Crippen LogP contribution in [0.4, 0.5) is 0 Å². The molecule has 0 unspecified atom stereocenters. The Bertz CT molecular complexity index is 1510. The average molecular weight is 507 g/mol. The highest BCUT2D eigenvalue weighted by atomic mass is 16.6. The lowest BCUT2D eigenvalue weighted by Gasteiger charge is -2.31. The van der Waals surface area contributed by atoms with E-state index in [2.05, 4.69) is 6.92 Å². The first-order valence-electron chi connectivity index (χ1n) is 12.7. The number of esters is 1. The predicted octanol–water partition coefficient (Wildman–Crippen LogP) is 2.47. The van der Waals surface area contributed by atoms with Gasteiger partial charge in [-0.3, -0.25) is 4.79 Å². The fourth-order valence-corrected chi connectivity index (χ4v) is 5.79. The molecule has 4 heterocycles. The third-order valence-electron chi connectivity index (χ3n) is 7.56. The van der Waals surface area contributed by atoms with Crippen molar-refractivity contribution in [2.45, 2.75) is 58.5 Å². The second kappa shape index (κ2) is 8.93. The Balaban J connectivity index is 1.83. The molecule has 3 aromatic rings. The summed E-state index contributed by atoms with van der Waals surface area (Å²) in [4.78, 5) is 35.2. The molecule has 9 nitrogen and oxygen atoms in total. The van der Waals surface area contributed by atoms with Gasteiger partial charge in [-0.1, -0.05) is 13.8 Å². The molecule has 0 bridgehead atoms. The zero-order valence-corrected chi connectivity index (χ0v) is 22.3. The lowest BCUT2D eigenvalue weighted by molar-refractivity contribution is -0.172. The third-order valence-corrected chi connectivity index (χ3v) is 7.56. The van der Waals surface area contributed by atoms with Crippen molar-refractivity contribution in [3.05, 3.63) is 55.9 Å². The van der Waals surface area contributed by atoms with Crippen molar-refractivity contribution in [1.82, 2.24) is 19.4 Å². The first kappa shape index (κ1) is 25.4. The summed E-state index contributed by atoms with van der Waals surface area (Å²) in [5.41, 5.74) is 4.09. The lowest BCUT2D eigenvalue weighted by Crippen LogP contribution is -2.44. The van der Waals surface area contributed by atoms with Crippen molar-refractivity contribution in [1.29, 1.82) is 0 Å². The van der Waals surface area contributed by atoms with Gasteiger partial charge in [0.15, 0.2) is 5.60 Å². The zero-order chi connectivity index (χ0) is 26.8. The molecule has 2 aliphatic heterocycles. The quantitative estimate of drug-likeness (QED) is 0.384. The monoisotopic (exact) mass is 506 g/mol. The molecule has 0 fully saturated rings. The maximum Gasteiger partial charge on any atom is 0.343 e. The number of phenols is 1. The van der Waals surface area contributed by atoms with Crippen LogP contribution < -0.4 is 5.56 Å². The Labute approximate surface area is 215 Å². The van der Waals surface area contributed by atoms with Crippen LogP contribution in [0, 0.1) is 0 Å². The van der Waals surface area contributed by atoms with E-state index in [4.69, 9.17) is 9.72 Å². The number of carbonyl (C=O) groups excluding carboxylic acids is 1. The summed E-state index contributed by atoms with van der Waals surface area (Å²) in [7, 11) is 7.84. The number of carbonyl (C=O) groups is 1. The number of hydrogen-bond acceptors (Lipinski definition) is 8. The highest BCUT2D eigenvalue weighted by Crippen LogP contribution is 2.43. The molecule has 1 atom stereocenters. The van der Waals surface area contributed by atoms with E-state index in [-0.39, 0.29) is 24.3 Å². The molecule has 2 aromatic heterocycles. The van der Waals surface area contributed by atoms with E-state index in [1.54, 1.807) is 17.6 Å². The number of nitrogens with zero attached hydrogens (tertiary/aromatic N) is 4.